The third-order valence-corrected chi connectivity index (χ3v) is 5.29. The Balaban J connectivity index is 2.19. The number of hydrogen-bond donors (Lipinski definition) is 2. The average Bonchev–Trinajstić information content (AvgIpc) is 2.33. The lowest BCUT2D eigenvalue weighted by Crippen LogP contribution is -2.39. The zero-order valence-electron chi connectivity index (χ0n) is 10.2. The normalized spacial score (nSPS) is 21.8. The lowest BCUT2D eigenvalue weighted by molar-refractivity contribution is -0.116. The number of anilines is 2. The van der Waals surface area contributed by atoms with Gasteiger partial charge in [-0.2, -0.15) is 0 Å². The van der Waals surface area contributed by atoms with E-state index in [4.69, 9.17) is 5.73 Å². The van der Waals surface area contributed by atoms with E-state index >= 15 is 0 Å². The summed E-state index contributed by atoms with van der Waals surface area (Å²) in [5.41, 5.74) is 5.70. The van der Waals surface area contributed by atoms with E-state index in [-0.39, 0.29) is 17.9 Å². The first-order chi connectivity index (χ1) is 8.90. The number of nitrogen functional groups attached to an aromatic ring is 1. The predicted octanol–water partition coefficient (Wildman–Crippen LogP) is 1.31. The molecule has 7 heteroatoms. The molecule has 1 aliphatic heterocycles. The van der Waals surface area contributed by atoms with Crippen molar-refractivity contribution in [2.75, 3.05) is 16.8 Å². The number of rotatable bonds is 2. The van der Waals surface area contributed by atoms with Crippen molar-refractivity contribution in [1.82, 2.24) is 0 Å². The van der Waals surface area contributed by atoms with Crippen LogP contribution in [0.3, 0.4) is 0 Å². The van der Waals surface area contributed by atoms with Gasteiger partial charge in [-0.15, -0.1) is 0 Å². The lowest BCUT2D eigenvalue weighted by atomic mass is 10.1. The summed E-state index contributed by atoms with van der Waals surface area (Å²) in [4.78, 5) is 11.9. The first-order valence-corrected chi connectivity index (χ1v) is 7.69. The molecule has 1 aromatic carbocycles. The molecule has 5 nitrogen and oxygen atoms in total. The van der Waals surface area contributed by atoms with Gasteiger partial charge in [0.15, 0.2) is 9.84 Å². The third kappa shape index (κ3) is 3.04. The Morgan fingerprint density at radius 1 is 1.37 bits per heavy atom. The van der Waals surface area contributed by atoms with Crippen LogP contribution in [0.1, 0.15) is 19.3 Å². The van der Waals surface area contributed by atoms with Gasteiger partial charge in [0.1, 0.15) is 11.1 Å². The second-order valence-electron chi connectivity index (χ2n) is 4.58. The minimum Gasteiger partial charge on any atom is -0.399 e. The highest BCUT2D eigenvalue weighted by atomic mass is 32.2. The van der Waals surface area contributed by atoms with Crippen LogP contribution in [0, 0.1) is 5.82 Å². The standard InChI is InChI=1S/C12H15FN2O3S/c13-9-5-4-8(14)7-10(9)15-12(16)11-3-1-2-6-19(11,17)18/h4-5,7,11H,1-3,6,14H2,(H,15,16). The number of sulfone groups is 1. The zero-order valence-corrected chi connectivity index (χ0v) is 11.0. The Labute approximate surface area is 110 Å². The Kier molecular flexibility index (Phi) is 3.75. The SMILES string of the molecule is Nc1ccc(F)c(NC(=O)C2CCCCS2(=O)=O)c1. The molecule has 104 valence electrons. The molecule has 1 unspecified atom stereocenters. The van der Waals surface area contributed by atoms with E-state index in [1.165, 1.54) is 12.1 Å². The van der Waals surface area contributed by atoms with Crippen LogP contribution < -0.4 is 11.1 Å². The van der Waals surface area contributed by atoms with Crippen LogP contribution in [0.15, 0.2) is 18.2 Å². The fourth-order valence-corrected chi connectivity index (χ4v) is 3.90. The molecule has 1 saturated heterocycles. The van der Waals surface area contributed by atoms with Crippen LogP contribution in [0.4, 0.5) is 15.8 Å². The lowest BCUT2D eigenvalue weighted by Gasteiger charge is -2.21. The summed E-state index contributed by atoms with van der Waals surface area (Å²) in [6.07, 6.45) is 1.52. The molecular formula is C12H15FN2O3S. The number of benzene rings is 1. The van der Waals surface area contributed by atoms with Crippen molar-refractivity contribution in [2.45, 2.75) is 24.5 Å². The predicted molar refractivity (Wildman–Crippen MR) is 70.9 cm³/mol. The van der Waals surface area contributed by atoms with E-state index in [1.54, 1.807) is 0 Å². The fourth-order valence-electron chi connectivity index (χ4n) is 2.10. The molecule has 0 spiro atoms. The van der Waals surface area contributed by atoms with Crippen molar-refractivity contribution in [2.24, 2.45) is 0 Å². The quantitative estimate of drug-likeness (QED) is 0.802. The number of halogens is 1. The van der Waals surface area contributed by atoms with Crippen LogP contribution in [-0.2, 0) is 14.6 Å². The molecule has 19 heavy (non-hydrogen) atoms. The maximum atomic E-state index is 13.5. The smallest absolute Gasteiger partial charge is 0.242 e. The van der Waals surface area contributed by atoms with E-state index in [2.05, 4.69) is 5.32 Å². The molecule has 0 aromatic heterocycles. The second-order valence-corrected chi connectivity index (χ2v) is 6.88. The van der Waals surface area contributed by atoms with Crippen LogP contribution in [0.2, 0.25) is 0 Å². The van der Waals surface area contributed by atoms with E-state index < -0.39 is 26.8 Å². The van der Waals surface area contributed by atoms with Crippen molar-refractivity contribution in [1.29, 1.82) is 0 Å². The van der Waals surface area contributed by atoms with Crippen molar-refractivity contribution in [3.8, 4) is 0 Å². The maximum absolute atomic E-state index is 13.5. The number of hydrogen-bond acceptors (Lipinski definition) is 4. The van der Waals surface area contributed by atoms with Crippen LogP contribution in [0.25, 0.3) is 0 Å². The number of nitrogens with one attached hydrogen (secondary N) is 1. The van der Waals surface area contributed by atoms with E-state index in [1.807, 2.05) is 0 Å². The average molecular weight is 286 g/mol. The molecule has 1 amide bonds. The minimum absolute atomic E-state index is 0.00446. The molecule has 1 fully saturated rings. The van der Waals surface area contributed by atoms with E-state index in [0.717, 1.165) is 6.07 Å². The summed E-state index contributed by atoms with van der Waals surface area (Å²) in [5.74, 6) is -1.33. The topological polar surface area (TPSA) is 89.3 Å². The van der Waals surface area contributed by atoms with Gasteiger partial charge in [-0.1, -0.05) is 6.42 Å². The number of nitrogens with two attached hydrogens (primary N) is 1. The van der Waals surface area contributed by atoms with Crippen LogP contribution in [0.5, 0.6) is 0 Å². The fraction of sp³-hybridized carbons (Fsp3) is 0.417. The van der Waals surface area contributed by atoms with Gasteiger partial charge in [0.05, 0.1) is 11.4 Å². The highest BCUT2D eigenvalue weighted by Crippen LogP contribution is 2.23. The molecule has 0 bridgehead atoms. The maximum Gasteiger partial charge on any atom is 0.242 e. The molecular weight excluding hydrogens is 271 g/mol. The minimum atomic E-state index is -3.43. The first kappa shape index (κ1) is 13.8. The number of carbonyl (C=O) groups is 1. The molecule has 3 N–H and O–H groups in total. The number of carbonyl (C=O) groups excluding carboxylic acids is 1. The zero-order chi connectivity index (χ0) is 14.0. The van der Waals surface area contributed by atoms with Gasteiger partial charge in [0, 0.05) is 5.69 Å². The van der Waals surface area contributed by atoms with Gasteiger partial charge in [0.25, 0.3) is 0 Å². The van der Waals surface area contributed by atoms with Crippen molar-refractivity contribution >= 4 is 27.1 Å². The molecule has 1 aromatic rings. The van der Waals surface area contributed by atoms with Crippen molar-refractivity contribution in [3.63, 3.8) is 0 Å². The summed E-state index contributed by atoms with van der Waals surface area (Å²) in [6, 6.07) is 3.76. The Morgan fingerprint density at radius 3 is 2.79 bits per heavy atom. The van der Waals surface area contributed by atoms with E-state index in [0.29, 0.717) is 18.5 Å². The largest absolute Gasteiger partial charge is 0.399 e. The summed E-state index contributed by atoms with van der Waals surface area (Å²) >= 11 is 0. The molecule has 0 aliphatic carbocycles. The Hall–Kier alpha value is -1.63. The van der Waals surface area contributed by atoms with Gasteiger partial charge in [0.2, 0.25) is 5.91 Å². The summed E-state index contributed by atoms with van der Waals surface area (Å²) in [6.45, 7) is 0. The number of amides is 1. The highest BCUT2D eigenvalue weighted by molar-refractivity contribution is 7.92. The molecule has 2 rings (SSSR count). The summed E-state index contributed by atoms with van der Waals surface area (Å²) in [7, 11) is -3.43. The monoisotopic (exact) mass is 286 g/mol. The molecule has 0 saturated carbocycles. The van der Waals surface area contributed by atoms with E-state index in [9.17, 15) is 17.6 Å². The van der Waals surface area contributed by atoms with Gasteiger partial charge in [-0.05, 0) is 31.0 Å². The van der Waals surface area contributed by atoms with Crippen molar-refractivity contribution in [3.05, 3.63) is 24.0 Å². The summed E-state index contributed by atoms with van der Waals surface area (Å²) < 4.78 is 37.0. The third-order valence-electron chi connectivity index (χ3n) is 3.12. The molecule has 1 aliphatic rings. The first-order valence-electron chi connectivity index (χ1n) is 5.97. The Morgan fingerprint density at radius 2 is 2.11 bits per heavy atom. The highest BCUT2D eigenvalue weighted by Gasteiger charge is 2.35. The van der Waals surface area contributed by atoms with Crippen LogP contribution >= 0.6 is 0 Å². The Bertz CT molecular complexity index is 601. The van der Waals surface area contributed by atoms with Gasteiger partial charge in [-0.25, -0.2) is 12.8 Å². The second kappa shape index (κ2) is 5.16. The van der Waals surface area contributed by atoms with Crippen molar-refractivity contribution < 1.29 is 17.6 Å². The molecule has 1 heterocycles. The van der Waals surface area contributed by atoms with Gasteiger partial charge < -0.3 is 11.1 Å². The molecule has 0 radical (unpaired) electrons. The van der Waals surface area contributed by atoms with Crippen LogP contribution in [-0.4, -0.2) is 25.3 Å². The summed E-state index contributed by atoms with van der Waals surface area (Å²) in [5, 5.41) is 1.21. The van der Waals surface area contributed by atoms with Gasteiger partial charge >= 0.3 is 0 Å². The van der Waals surface area contributed by atoms with Gasteiger partial charge in [-0.3, -0.25) is 4.79 Å². The molecule has 1 atom stereocenters.